The van der Waals surface area contributed by atoms with Gasteiger partial charge in [-0.05, 0) is 55.8 Å². The number of phenolic OH excluding ortho intramolecular Hbond substituents is 3. The predicted octanol–water partition coefficient (Wildman–Crippen LogP) is 3.13. The van der Waals surface area contributed by atoms with Crippen molar-refractivity contribution in [1.82, 2.24) is 0 Å². The van der Waals surface area contributed by atoms with Gasteiger partial charge in [-0.3, -0.25) is 0 Å². The molecule has 0 bridgehead atoms. The Morgan fingerprint density at radius 1 is 0.619 bits per heavy atom. The van der Waals surface area contributed by atoms with Crippen LogP contribution in [-0.4, -0.2) is 52.0 Å². The number of aliphatic hydroxyl groups excluding tert-OH is 2. The quantitative estimate of drug-likeness (QED) is 0.147. The van der Waals surface area contributed by atoms with Crippen molar-refractivity contribution in [3.05, 3.63) is 83.9 Å². The summed E-state index contributed by atoms with van der Waals surface area (Å²) in [5.74, 6) is 1.33. The molecular formula is C30H41N5O7. The Labute approximate surface area is 245 Å². The van der Waals surface area contributed by atoms with Gasteiger partial charge in [0.25, 0.3) is 0 Å². The van der Waals surface area contributed by atoms with Crippen molar-refractivity contribution in [3.63, 3.8) is 0 Å². The number of aryl methyl sites for hydroxylation is 1. The first-order chi connectivity index (χ1) is 19.9. The van der Waals surface area contributed by atoms with Crippen LogP contribution >= 0.6 is 0 Å². The fraction of sp³-hybridized carbons (Fsp3) is 0.200. The minimum absolute atomic E-state index is 0.0862. The molecule has 0 spiro atoms. The number of aromatic hydroxyl groups is 3. The van der Waals surface area contributed by atoms with Crippen molar-refractivity contribution in [1.29, 1.82) is 0 Å². The van der Waals surface area contributed by atoms with Crippen LogP contribution < -0.4 is 38.1 Å². The number of para-hydroxylation sites is 2. The number of nitrogen functional groups attached to an aromatic ring is 5. The molecule has 4 aromatic rings. The largest absolute Gasteiger partial charge is 0.508 e. The van der Waals surface area contributed by atoms with Crippen LogP contribution in [0.2, 0.25) is 0 Å². The summed E-state index contributed by atoms with van der Waals surface area (Å²) in [5.41, 5.74) is 31.6. The molecule has 0 aliphatic carbocycles. The SMILES string of the molecule is Cc1c(O)cccc1O.Cc1cc(N)cc(O)c1.Nc1cc(OCCO)cc(OCCO)c1N.Nc1ccccc1N. The van der Waals surface area contributed by atoms with Gasteiger partial charge in [0.05, 0.1) is 36.0 Å². The number of rotatable bonds is 6. The molecule has 42 heavy (non-hydrogen) atoms. The molecule has 0 aliphatic heterocycles. The van der Waals surface area contributed by atoms with Crippen LogP contribution in [0.25, 0.3) is 0 Å². The fourth-order valence-electron chi connectivity index (χ4n) is 3.06. The molecule has 0 radical (unpaired) electrons. The van der Waals surface area contributed by atoms with Gasteiger partial charge in [0.1, 0.15) is 42.0 Å². The summed E-state index contributed by atoms with van der Waals surface area (Å²) < 4.78 is 10.4. The van der Waals surface area contributed by atoms with E-state index in [4.69, 9.17) is 63.7 Å². The maximum Gasteiger partial charge on any atom is 0.148 e. The van der Waals surface area contributed by atoms with E-state index in [9.17, 15) is 0 Å². The maximum atomic E-state index is 8.94. The maximum absolute atomic E-state index is 8.94. The Morgan fingerprint density at radius 2 is 1.17 bits per heavy atom. The Balaban J connectivity index is 0.000000293. The molecule has 4 aromatic carbocycles. The molecule has 228 valence electrons. The summed E-state index contributed by atoms with van der Waals surface area (Å²) in [6, 6.07) is 20.0. The van der Waals surface area contributed by atoms with Gasteiger partial charge in [-0.15, -0.1) is 0 Å². The molecule has 0 unspecified atom stereocenters. The van der Waals surface area contributed by atoms with Crippen LogP contribution in [0, 0.1) is 13.8 Å². The van der Waals surface area contributed by atoms with E-state index < -0.39 is 0 Å². The van der Waals surface area contributed by atoms with Gasteiger partial charge >= 0.3 is 0 Å². The highest BCUT2D eigenvalue weighted by atomic mass is 16.5. The first-order valence-corrected chi connectivity index (χ1v) is 12.7. The van der Waals surface area contributed by atoms with E-state index in [2.05, 4.69) is 0 Å². The number of aliphatic hydroxyl groups is 2. The van der Waals surface area contributed by atoms with E-state index in [1.54, 1.807) is 49.4 Å². The third kappa shape index (κ3) is 12.8. The van der Waals surface area contributed by atoms with Crippen LogP contribution in [0.3, 0.4) is 0 Å². The summed E-state index contributed by atoms with van der Waals surface area (Å²) in [6.07, 6.45) is 0. The summed E-state index contributed by atoms with van der Waals surface area (Å²) >= 11 is 0. The first kappa shape index (κ1) is 34.8. The zero-order valence-corrected chi connectivity index (χ0v) is 23.7. The normalized spacial score (nSPS) is 9.62. The molecule has 0 atom stereocenters. The molecule has 4 rings (SSSR count). The van der Waals surface area contributed by atoms with Gasteiger partial charge in [-0.1, -0.05) is 18.2 Å². The smallest absolute Gasteiger partial charge is 0.148 e. The second-order valence-corrected chi connectivity index (χ2v) is 8.72. The number of benzene rings is 4. The molecule has 0 saturated heterocycles. The monoisotopic (exact) mass is 583 g/mol. The molecule has 12 nitrogen and oxygen atoms in total. The fourth-order valence-corrected chi connectivity index (χ4v) is 3.06. The Kier molecular flexibility index (Phi) is 15.1. The Bertz CT molecular complexity index is 1290. The molecule has 0 aromatic heterocycles. The number of phenols is 3. The molecule has 12 heteroatoms. The van der Waals surface area contributed by atoms with E-state index in [1.807, 2.05) is 19.1 Å². The molecule has 0 fully saturated rings. The van der Waals surface area contributed by atoms with Crippen molar-refractivity contribution >= 4 is 28.4 Å². The van der Waals surface area contributed by atoms with Crippen LogP contribution in [-0.2, 0) is 0 Å². The van der Waals surface area contributed by atoms with E-state index in [1.165, 1.54) is 18.2 Å². The summed E-state index contributed by atoms with van der Waals surface area (Å²) in [5, 5.41) is 44.0. The minimum Gasteiger partial charge on any atom is -0.508 e. The number of anilines is 5. The number of hydrogen-bond acceptors (Lipinski definition) is 12. The third-order valence-electron chi connectivity index (χ3n) is 5.21. The van der Waals surface area contributed by atoms with Gasteiger partial charge in [-0.2, -0.15) is 0 Å². The van der Waals surface area contributed by atoms with E-state index in [-0.39, 0.29) is 43.7 Å². The van der Waals surface area contributed by atoms with Crippen molar-refractivity contribution in [2.24, 2.45) is 0 Å². The Morgan fingerprint density at radius 3 is 1.62 bits per heavy atom. The Hall–Kier alpha value is -5.20. The molecule has 0 amide bonds. The topological polar surface area (TPSA) is 250 Å². The molecule has 15 N–H and O–H groups in total. The zero-order valence-electron chi connectivity index (χ0n) is 23.7. The first-order valence-electron chi connectivity index (χ1n) is 12.7. The molecule has 0 saturated carbocycles. The van der Waals surface area contributed by atoms with Crippen LogP contribution in [0.1, 0.15) is 11.1 Å². The summed E-state index contributed by atoms with van der Waals surface area (Å²) in [6.45, 7) is 3.65. The highest BCUT2D eigenvalue weighted by molar-refractivity contribution is 5.73. The van der Waals surface area contributed by atoms with Gasteiger partial charge in [-0.25, -0.2) is 0 Å². The van der Waals surface area contributed by atoms with Gasteiger partial charge in [0.2, 0.25) is 0 Å². The van der Waals surface area contributed by atoms with Crippen molar-refractivity contribution < 1.29 is 35.0 Å². The highest BCUT2D eigenvalue weighted by Crippen LogP contribution is 2.33. The molecule has 0 aliphatic rings. The van der Waals surface area contributed by atoms with Crippen LogP contribution in [0.15, 0.2) is 72.8 Å². The van der Waals surface area contributed by atoms with Gasteiger partial charge in [0.15, 0.2) is 0 Å². The molecular weight excluding hydrogens is 542 g/mol. The number of hydrogen-bond donors (Lipinski definition) is 10. The van der Waals surface area contributed by atoms with Gasteiger partial charge < -0.3 is 63.7 Å². The van der Waals surface area contributed by atoms with E-state index >= 15 is 0 Å². The lowest BCUT2D eigenvalue weighted by molar-refractivity contribution is 0.195. The molecule has 0 heterocycles. The second-order valence-electron chi connectivity index (χ2n) is 8.72. The van der Waals surface area contributed by atoms with Crippen LogP contribution in [0.4, 0.5) is 28.4 Å². The van der Waals surface area contributed by atoms with Crippen molar-refractivity contribution in [2.45, 2.75) is 13.8 Å². The predicted molar refractivity (Wildman–Crippen MR) is 167 cm³/mol. The summed E-state index contributed by atoms with van der Waals surface area (Å²) in [4.78, 5) is 0. The number of ether oxygens (including phenoxy) is 2. The minimum atomic E-state index is -0.110. The van der Waals surface area contributed by atoms with Crippen molar-refractivity contribution in [2.75, 3.05) is 55.1 Å². The average molecular weight is 584 g/mol. The highest BCUT2D eigenvalue weighted by Gasteiger charge is 2.08. The lowest BCUT2D eigenvalue weighted by Gasteiger charge is -2.12. The third-order valence-corrected chi connectivity index (χ3v) is 5.21. The second kappa shape index (κ2) is 18.2. The van der Waals surface area contributed by atoms with E-state index in [0.29, 0.717) is 45.5 Å². The lowest BCUT2D eigenvalue weighted by Crippen LogP contribution is -2.07. The van der Waals surface area contributed by atoms with E-state index in [0.717, 1.165) is 5.56 Å². The number of nitrogens with two attached hydrogens (primary N) is 5. The standard InChI is InChI=1S/C10H16N2O4.C7H9NO.C7H8O2.C6H8N2/c11-8-5-7(15-3-1-13)6-9(10(8)12)16-4-2-14;1-5-2-6(8)4-7(9)3-5;1-5-6(8)3-2-4-7(5)9;7-5-3-1-2-4-6(5)8/h5-6,13-14H,1-4,11-12H2;2-4,9H,8H2,1H3;2-4,8-9H,1H3;1-4H,7-8H2. The van der Waals surface area contributed by atoms with Gasteiger partial charge in [0, 0.05) is 29.4 Å². The summed E-state index contributed by atoms with van der Waals surface area (Å²) in [7, 11) is 0. The zero-order chi connectivity index (χ0) is 31.7. The lowest BCUT2D eigenvalue weighted by atomic mass is 10.2. The van der Waals surface area contributed by atoms with Crippen molar-refractivity contribution in [3.8, 4) is 28.7 Å². The average Bonchev–Trinajstić information content (AvgIpc) is 2.93. The van der Waals surface area contributed by atoms with Crippen LogP contribution in [0.5, 0.6) is 28.7 Å².